The van der Waals surface area contributed by atoms with Crippen molar-refractivity contribution in [1.82, 2.24) is 14.5 Å². The standard InChI is InChI=1S/C19H27N3/c1-3-4-5-9-13-22-14-12-17-18(15-22)21(2)19(20-17)16-10-7-6-8-11-16/h6-8,10-11H,3-5,9,12-15H2,1-2H3. The molecule has 0 bridgehead atoms. The van der Waals surface area contributed by atoms with Crippen LogP contribution in [-0.2, 0) is 20.0 Å². The van der Waals surface area contributed by atoms with Crippen molar-refractivity contribution >= 4 is 0 Å². The van der Waals surface area contributed by atoms with Gasteiger partial charge in [-0.3, -0.25) is 4.90 Å². The van der Waals surface area contributed by atoms with Crippen LogP contribution in [0.1, 0.15) is 44.0 Å². The van der Waals surface area contributed by atoms with Crippen LogP contribution in [0.2, 0.25) is 0 Å². The minimum atomic E-state index is 1.05. The monoisotopic (exact) mass is 297 g/mol. The molecule has 0 fully saturated rings. The van der Waals surface area contributed by atoms with E-state index < -0.39 is 0 Å². The van der Waals surface area contributed by atoms with Gasteiger partial charge in [-0.15, -0.1) is 0 Å². The van der Waals surface area contributed by atoms with Crippen molar-refractivity contribution in [3.63, 3.8) is 0 Å². The number of rotatable bonds is 6. The Hall–Kier alpha value is -1.61. The number of aromatic nitrogens is 2. The third-order valence-corrected chi connectivity index (χ3v) is 4.69. The number of fused-ring (bicyclic) bond motifs is 1. The van der Waals surface area contributed by atoms with E-state index in [1.165, 1.54) is 49.2 Å². The molecule has 3 heteroatoms. The molecule has 3 rings (SSSR count). The lowest BCUT2D eigenvalue weighted by Crippen LogP contribution is -2.32. The average Bonchev–Trinajstić information content (AvgIpc) is 2.89. The lowest BCUT2D eigenvalue weighted by molar-refractivity contribution is 0.241. The van der Waals surface area contributed by atoms with Crippen molar-refractivity contribution in [1.29, 1.82) is 0 Å². The van der Waals surface area contributed by atoms with Gasteiger partial charge in [-0.05, 0) is 13.0 Å². The first-order chi connectivity index (χ1) is 10.8. The second-order valence-corrected chi connectivity index (χ2v) is 6.34. The van der Waals surface area contributed by atoms with E-state index in [2.05, 4.69) is 53.8 Å². The maximum Gasteiger partial charge on any atom is 0.140 e. The summed E-state index contributed by atoms with van der Waals surface area (Å²) >= 11 is 0. The van der Waals surface area contributed by atoms with Crippen LogP contribution in [0.3, 0.4) is 0 Å². The van der Waals surface area contributed by atoms with Gasteiger partial charge in [0.05, 0.1) is 11.4 Å². The fourth-order valence-corrected chi connectivity index (χ4v) is 3.34. The SMILES string of the molecule is CCCCCCN1CCc2nc(-c3ccccc3)n(C)c2C1. The summed E-state index contributed by atoms with van der Waals surface area (Å²) in [4.78, 5) is 7.49. The normalized spacial score (nSPS) is 15.0. The molecular formula is C19H27N3. The van der Waals surface area contributed by atoms with Gasteiger partial charge < -0.3 is 4.57 Å². The lowest BCUT2D eigenvalue weighted by atomic mass is 10.1. The highest BCUT2D eigenvalue weighted by Gasteiger charge is 2.22. The summed E-state index contributed by atoms with van der Waals surface area (Å²) in [7, 11) is 2.16. The summed E-state index contributed by atoms with van der Waals surface area (Å²) in [5, 5.41) is 0. The summed E-state index contributed by atoms with van der Waals surface area (Å²) in [5.41, 5.74) is 3.92. The van der Waals surface area contributed by atoms with E-state index in [0.29, 0.717) is 0 Å². The molecule has 0 unspecified atom stereocenters. The van der Waals surface area contributed by atoms with Crippen LogP contribution in [0.4, 0.5) is 0 Å². The Balaban J connectivity index is 1.71. The summed E-state index contributed by atoms with van der Waals surface area (Å²) in [6.07, 6.45) is 6.45. The van der Waals surface area contributed by atoms with Crippen molar-refractivity contribution in [2.24, 2.45) is 7.05 Å². The first kappa shape index (κ1) is 15.3. The molecule has 0 N–H and O–H groups in total. The van der Waals surface area contributed by atoms with Crippen LogP contribution in [0, 0.1) is 0 Å². The largest absolute Gasteiger partial charge is 0.330 e. The van der Waals surface area contributed by atoms with Crippen LogP contribution >= 0.6 is 0 Å². The maximum atomic E-state index is 4.90. The third-order valence-electron chi connectivity index (χ3n) is 4.69. The number of unbranched alkanes of at least 4 members (excludes halogenated alkanes) is 3. The van der Waals surface area contributed by atoms with Crippen molar-refractivity contribution < 1.29 is 0 Å². The smallest absolute Gasteiger partial charge is 0.140 e. The molecule has 22 heavy (non-hydrogen) atoms. The van der Waals surface area contributed by atoms with Crippen LogP contribution in [0.5, 0.6) is 0 Å². The fraction of sp³-hybridized carbons (Fsp3) is 0.526. The number of imidazole rings is 1. The van der Waals surface area contributed by atoms with Crippen molar-refractivity contribution in [3.05, 3.63) is 41.7 Å². The van der Waals surface area contributed by atoms with Gasteiger partial charge in [-0.2, -0.15) is 0 Å². The van der Waals surface area contributed by atoms with E-state index in [-0.39, 0.29) is 0 Å². The van der Waals surface area contributed by atoms with Crippen LogP contribution < -0.4 is 0 Å². The first-order valence-electron chi connectivity index (χ1n) is 8.62. The number of hydrogen-bond acceptors (Lipinski definition) is 2. The second kappa shape index (κ2) is 7.10. The zero-order valence-corrected chi connectivity index (χ0v) is 13.9. The molecule has 1 aromatic heterocycles. The molecule has 0 amide bonds. The van der Waals surface area contributed by atoms with Crippen molar-refractivity contribution in [3.8, 4) is 11.4 Å². The molecular weight excluding hydrogens is 270 g/mol. The number of nitrogens with zero attached hydrogens (tertiary/aromatic N) is 3. The Morgan fingerprint density at radius 1 is 1.09 bits per heavy atom. The molecule has 118 valence electrons. The average molecular weight is 297 g/mol. The Bertz CT molecular complexity index is 601. The van der Waals surface area contributed by atoms with Crippen LogP contribution in [0.15, 0.2) is 30.3 Å². The molecule has 0 saturated carbocycles. The highest BCUT2D eigenvalue weighted by Crippen LogP contribution is 2.25. The van der Waals surface area contributed by atoms with Gasteiger partial charge in [0.15, 0.2) is 0 Å². The van der Waals surface area contributed by atoms with Gasteiger partial charge in [0.2, 0.25) is 0 Å². The molecule has 3 nitrogen and oxygen atoms in total. The first-order valence-corrected chi connectivity index (χ1v) is 8.62. The van der Waals surface area contributed by atoms with Crippen molar-refractivity contribution in [2.45, 2.75) is 45.6 Å². The Kier molecular flexibility index (Phi) is 4.94. The van der Waals surface area contributed by atoms with E-state index in [0.717, 1.165) is 25.3 Å². The van der Waals surface area contributed by atoms with Gasteiger partial charge in [-0.25, -0.2) is 4.98 Å². The molecule has 2 heterocycles. The van der Waals surface area contributed by atoms with E-state index in [4.69, 9.17) is 4.98 Å². The van der Waals surface area contributed by atoms with E-state index in [1.807, 2.05) is 0 Å². The summed E-state index contributed by atoms with van der Waals surface area (Å²) in [6.45, 7) is 5.71. The van der Waals surface area contributed by atoms with Gasteiger partial charge in [0.25, 0.3) is 0 Å². The van der Waals surface area contributed by atoms with E-state index >= 15 is 0 Å². The Labute approximate surface area is 134 Å². The molecule has 2 aromatic rings. The predicted octanol–water partition coefficient (Wildman–Crippen LogP) is 4.03. The molecule has 1 aliphatic heterocycles. The van der Waals surface area contributed by atoms with Gasteiger partial charge in [0, 0.05) is 32.1 Å². The molecule has 0 radical (unpaired) electrons. The molecule has 0 spiro atoms. The Morgan fingerprint density at radius 3 is 2.68 bits per heavy atom. The highest BCUT2D eigenvalue weighted by atomic mass is 15.2. The number of hydrogen-bond donors (Lipinski definition) is 0. The van der Waals surface area contributed by atoms with Gasteiger partial charge in [0.1, 0.15) is 5.82 Å². The molecule has 1 aliphatic rings. The predicted molar refractivity (Wildman–Crippen MR) is 91.8 cm³/mol. The Morgan fingerprint density at radius 2 is 1.91 bits per heavy atom. The van der Waals surface area contributed by atoms with Gasteiger partial charge >= 0.3 is 0 Å². The van der Waals surface area contributed by atoms with E-state index in [1.54, 1.807) is 0 Å². The van der Waals surface area contributed by atoms with E-state index in [9.17, 15) is 0 Å². The number of benzene rings is 1. The minimum absolute atomic E-state index is 1.05. The van der Waals surface area contributed by atoms with Crippen LogP contribution in [-0.4, -0.2) is 27.5 Å². The lowest BCUT2D eigenvalue weighted by Gasteiger charge is -2.26. The molecule has 0 saturated heterocycles. The minimum Gasteiger partial charge on any atom is -0.330 e. The summed E-state index contributed by atoms with van der Waals surface area (Å²) < 4.78 is 2.29. The zero-order chi connectivity index (χ0) is 15.4. The molecule has 0 atom stereocenters. The quantitative estimate of drug-likeness (QED) is 0.751. The second-order valence-electron chi connectivity index (χ2n) is 6.34. The van der Waals surface area contributed by atoms with Gasteiger partial charge in [-0.1, -0.05) is 56.5 Å². The maximum absolute atomic E-state index is 4.90. The third kappa shape index (κ3) is 3.25. The van der Waals surface area contributed by atoms with Crippen molar-refractivity contribution in [2.75, 3.05) is 13.1 Å². The highest BCUT2D eigenvalue weighted by molar-refractivity contribution is 5.56. The molecule has 1 aromatic carbocycles. The fourth-order valence-electron chi connectivity index (χ4n) is 3.34. The van der Waals surface area contributed by atoms with Crippen LogP contribution in [0.25, 0.3) is 11.4 Å². The summed E-state index contributed by atoms with van der Waals surface area (Å²) in [6, 6.07) is 10.5. The topological polar surface area (TPSA) is 21.1 Å². The zero-order valence-electron chi connectivity index (χ0n) is 13.9. The molecule has 0 aliphatic carbocycles. The summed E-state index contributed by atoms with van der Waals surface area (Å²) in [5.74, 6) is 1.11.